The van der Waals surface area contributed by atoms with Gasteiger partial charge in [-0.1, -0.05) is 379 Å². The molecule has 0 radical (unpaired) electrons. The van der Waals surface area contributed by atoms with Crippen LogP contribution in [-0.2, 0) is 14.3 Å². The van der Waals surface area contributed by atoms with E-state index in [-0.39, 0.29) is 18.5 Å². The number of aliphatic hydroxyl groups is 2. The van der Waals surface area contributed by atoms with Gasteiger partial charge in [-0.2, -0.15) is 0 Å². The molecule has 3 N–H and O–H groups in total. The van der Waals surface area contributed by atoms with Crippen molar-refractivity contribution in [2.45, 2.75) is 443 Å². The van der Waals surface area contributed by atoms with Crippen LogP contribution in [0, 0.1) is 0 Å². The summed E-state index contributed by atoms with van der Waals surface area (Å²) in [6, 6.07) is -0.540. The molecule has 0 aromatic carbocycles. The number of unbranched alkanes of at least 4 members (excludes halogenated alkanes) is 58. The minimum absolute atomic E-state index is 0.0160. The first kappa shape index (κ1) is 79.6. The monoisotopic (exact) mass is 1140 g/mol. The molecule has 0 aliphatic heterocycles. The lowest BCUT2D eigenvalue weighted by molar-refractivity contribution is -0.143. The van der Waals surface area contributed by atoms with E-state index in [0.717, 1.165) is 44.9 Å². The molecule has 0 saturated carbocycles. The van der Waals surface area contributed by atoms with Crippen molar-refractivity contribution < 1.29 is 24.5 Å². The molecule has 1 amide bonds. The Bertz CT molecular complexity index is 1220. The van der Waals surface area contributed by atoms with Gasteiger partial charge in [0.15, 0.2) is 0 Å². The molecular weight excluding hydrogens is 995 g/mol. The zero-order valence-electron chi connectivity index (χ0n) is 55.3. The minimum Gasteiger partial charge on any atom is -0.466 e. The molecule has 6 nitrogen and oxygen atoms in total. The van der Waals surface area contributed by atoms with Crippen LogP contribution < -0.4 is 5.32 Å². The minimum atomic E-state index is -0.663. The Morgan fingerprint density at radius 1 is 0.333 bits per heavy atom. The number of esters is 1. The van der Waals surface area contributed by atoms with Crippen LogP contribution in [0.3, 0.4) is 0 Å². The van der Waals surface area contributed by atoms with Gasteiger partial charge in [0.05, 0.1) is 25.4 Å². The highest BCUT2D eigenvalue weighted by Crippen LogP contribution is 2.20. The Hall–Kier alpha value is -1.40. The van der Waals surface area contributed by atoms with E-state index in [2.05, 4.69) is 31.3 Å². The zero-order valence-corrected chi connectivity index (χ0v) is 55.3. The first-order chi connectivity index (χ1) is 40.0. The average Bonchev–Trinajstić information content (AvgIpc) is 3.47. The van der Waals surface area contributed by atoms with Crippen molar-refractivity contribution in [3.8, 4) is 0 Å². The molecule has 0 spiro atoms. The predicted octanol–water partition coefficient (Wildman–Crippen LogP) is 24.3. The summed E-state index contributed by atoms with van der Waals surface area (Å²) < 4.78 is 5.51. The van der Waals surface area contributed by atoms with E-state index < -0.39 is 12.1 Å². The average molecular weight is 1140 g/mol. The van der Waals surface area contributed by atoms with Gasteiger partial charge in [-0.3, -0.25) is 9.59 Å². The number of aliphatic hydroxyl groups excluding tert-OH is 2. The molecule has 0 fully saturated rings. The standard InChI is InChI=1S/C75H147NO5/c1-3-5-7-9-11-13-15-17-19-21-22-32-36-39-43-47-51-55-59-63-67-73(78)72(71-77)76-74(79)68-64-60-56-52-48-44-40-37-33-30-28-26-24-23-25-27-29-31-34-38-42-46-50-54-58-62-66-70-81-75(80)69-65-61-57-53-49-45-41-35-20-18-16-14-12-10-8-6-4-2/h18,20,72-73,77-78H,3-17,19,21-71H2,1-2H3,(H,76,79)/b20-18-. The van der Waals surface area contributed by atoms with Gasteiger partial charge < -0.3 is 20.3 Å². The summed E-state index contributed by atoms with van der Waals surface area (Å²) in [7, 11) is 0. The van der Waals surface area contributed by atoms with E-state index in [1.165, 1.54) is 353 Å². The van der Waals surface area contributed by atoms with Crippen molar-refractivity contribution in [2.24, 2.45) is 0 Å². The van der Waals surface area contributed by atoms with E-state index in [0.29, 0.717) is 25.9 Å². The maximum atomic E-state index is 12.6. The Morgan fingerprint density at radius 3 is 0.877 bits per heavy atom. The lowest BCUT2D eigenvalue weighted by Gasteiger charge is -2.22. The molecule has 0 aliphatic carbocycles. The third kappa shape index (κ3) is 67.6. The maximum absolute atomic E-state index is 12.6. The number of carbonyl (C=O) groups is 2. The van der Waals surface area contributed by atoms with Crippen LogP contribution in [-0.4, -0.2) is 47.4 Å². The molecule has 0 aromatic rings. The molecule has 2 atom stereocenters. The molecule has 6 heteroatoms. The molecular formula is C75H147NO5. The lowest BCUT2D eigenvalue weighted by Crippen LogP contribution is -2.45. The molecule has 0 rings (SSSR count). The second-order valence-corrected chi connectivity index (χ2v) is 26.0. The van der Waals surface area contributed by atoms with Crippen LogP contribution in [0.4, 0.5) is 0 Å². The van der Waals surface area contributed by atoms with E-state index in [9.17, 15) is 19.8 Å². The highest BCUT2D eigenvalue weighted by molar-refractivity contribution is 5.76. The maximum Gasteiger partial charge on any atom is 0.305 e. The third-order valence-corrected chi connectivity index (χ3v) is 17.8. The fraction of sp³-hybridized carbons (Fsp3) is 0.947. The Kier molecular flexibility index (Phi) is 69.9. The SMILES string of the molecule is CCCCCCCC/C=C\CCCCCCCCCC(=O)OCCCCCCCCCCCCCCCCCCCCCCCCCCCCCC(=O)NC(CO)C(O)CCCCCCCCCCCCCCCCCCCCCC. The number of hydrogen-bond donors (Lipinski definition) is 3. The molecule has 482 valence electrons. The largest absolute Gasteiger partial charge is 0.466 e. The molecule has 0 aliphatic rings. The summed E-state index contributed by atoms with van der Waals surface area (Å²) in [5.41, 5.74) is 0. The van der Waals surface area contributed by atoms with Gasteiger partial charge in [-0.15, -0.1) is 0 Å². The van der Waals surface area contributed by atoms with Crippen LogP contribution in [0.2, 0.25) is 0 Å². The normalized spacial score (nSPS) is 12.5. The van der Waals surface area contributed by atoms with Crippen molar-refractivity contribution in [2.75, 3.05) is 13.2 Å². The lowest BCUT2D eigenvalue weighted by atomic mass is 10.0. The summed E-state index contributed by atoms with van der Waals surface area (Å²) in [4.78, 5) is 24.7. The smallest absolute Gasteiger partial charge is 0.305 e. The number of ether oxygens (including phenoxy) is 1. The van der Waals surface area contributed by atoms with Gasteiger partial charge in [0.1, 0.15) is 0 Å². The van der Waals surface area contributed by atoms with E-state index in [1.54, 1.807) is 0 Å². The quantitative estimate of drug-likeness (QED) is 0.0320. The van der Waals surface area contributed by atoms with Crippen molar-refractivity contribution >= 4 is 11.9 Å². The van der Waals surface area contributed by atoms with Gasteiger partial charge in [0, 0.05) is 12.8 Å². The molecule has 0 heterocycles. The van der Waals surface area contributed by atoms with E-state index in [1.807, 2.05) is 0 Å². The summed E-state index contributed by atoms with van der Waals surface area (Å²) in [5.74, 6) is -0.0111. The van der Waals surface area contributed by atoms with E-state index in [4.69, 9.17) is 4.74 Å². The van der Waals surface area contributed by atoms with Crippen LogP contribution in [0.1, 0.15) is 431 Å². The summed E-state index contributed by atoms with van der Waals surface area (Å²) in [6.45, 7) is 5.00. The molecule has 0 saturated heterocycles. The first-order valence-corrected chi connectivity index (χ1v) is 37.4. The topological polar surface area (TPSA) is 95.9 Å². The third-order valence-electron chi connectivity index (χ3n) is 17.8. The summed E-state index contributed by atoms with van der Waals surface area (Å²) in [6.07, 6.45) is 88.5. The Morgan fingerprint density at radius 2 is 0.580 bits per heavy atom. The number of nitrogens with one attached hydrogen (secondary N) is 1. The van der Waals surface area contributed by atoms with Gasteiger partial charge in [-0.05, 0) is 51.4 Å². The first-order valence-electron chi connectivity index (χ1n) is 37.4. The fourth-order valence-electron chi connectivity index (χ4n) is 12.1. The van der Waals surface area contributed by atoms with Crippen LogP contribution >= 0.6 is 0 Å². The van der Waals surface area contributed by atoms with Crippen molar-refractivity contribution in [3.63, 3.8) is 0 Å². The van der Waals surface area contributed by atoms with Gasteiger partial charge >= 0.3 is 5.97 Å². The highest BCUT2D eigenvalue weighted by atomic mass is 16.5. The Labute approximate surface area is 508 Å². The van der Waals surface area contributed by atoms with Crippen molar-refractivity contribution in [1.29, 1.82) is 0 Å². The second-order valence-electron chi connectivity index (χ2n) is 26.0. The van der Waals surface area contributed by atoms with Crippen LogP contribution in [0.5, 0.6) is 0 Å². The zero-order chi connectivity index (χ0) is 58.5. The van der Waals surface area contributed by atoms with Gasteiger partial charge in [0.2, 0.25) is 5.91 Å². The van der Waals surface area contributed by atoms with Gasteiger partial charge in [-0.25, -0.2) is 0 Å². The van der Waals surface area contributed by atoms with Crippen molar-refractivity contribution in [3.05, 3.63) is 12.2 Å². The van der Waals surface area contributed by atoms with Crippen molar-refractivity contribution in [1.82, 2.24) is 5.32 Å². The number of allylic oxidation sites excluding steroid dienone is 2. The molecule has 0 aromatic heterocycles. The summed E-state index contributed by atoms with van der Waals surface area (Å²) >= 11 is 0. The number of hydrogen-bond acceptors (Lipinski definition) is 5. The molecule has 2 unspecified atom stereocenters. The van der Waals surface area contributed by atoms with Gasteiger partial charge in [0.25, 0.3) is 0 Å². The van der Waals surface area contributed by atoms with Crippen LogP contribution in [0.15, 0.2) is 12.2 Å². The second kappa shape index (κ2) is 71.1. The number of amides is 1. The van der Waals surface area contributed by atoms with E-state index >= 15 is 0 Å². The highest BCUT2D eigenvalue weighted by Gasteiger charge is 2.20. The molecule has 0 bridgehead atoms. The number of carbonyl (C=O) groups excluding carboxylic acids is 2. The van der Waals surface area contributed by atoms with Crippen LogP contribution in [0.25, 0.3) is 0 Å². The summed E-state index contributed by atoms with van der Waals surface area (Å²) in [5, 5.41) is 23.4. The fourth-order valence-corrected chi connectivity index (χ4v) is 12.1. The Balaban J connectivity index is 3.34. The molecule has 81 heavy (non-hydrogen) atoms. The predicted molar refractivity (Wildman–Crippen MR) is 357 cm³/mol. The number of rotatable bonds is 71.